The van der Waals surface area contributed by atoms with Crippen molar-refractivity contribution in [1.29, 1.82) is 5.26 Å². The zero-order valence-corrected chi connectivity index (χ0v) is 22.1. The van der Waals surface area contributed by atoms with Gasteiger partial charge in [-0.05, 0) is 76.1 Å². The number of aliphatic hydroxyl groups excluding tert-OH is 2. The van der Waals surface area contributed by atoms with E-state index in [2.05, 4.69) is 11.2 Å². The Morgan fingerprint density at radius 2 is 1.79 bits per heavy atom. The van der Waals surface area contributed by atoms with Crippen LogP contribution in [-0.4, -0.2) is 68.8 Å². The second-order valence-electron chi connectivity index (χ2n) is 9.44. The Bertz CT molecular complexity index is 1340. The number of carbonyl (C=O) groups excluding carboxylic acids is 1. The van der Waals surface area contributed by atoms with Crippen molar-refractivity contribution in [2.45, 2.75) is 45.8 Å². The maximum atomic E-state index is 13.5. The first-order valence-electron chi connectivity index (χ1n) is 12.5. The van der Waals surface area contributed by atoms with Gasteiger partial charge in [0.15, 0.2) is 0 Å². The number of nitriles is 1. The van der Waals surface area contributed by atoms with Crippen molar-refractivity contribution in [3.63, 3.8) is 0 Å². The highest BCUT2D eigenvalue weighted by molar-refractivity contribution is 6.09. The number of rotatable bonds is 6. The van der Waals surface area contributed by atoms with Crippen LogP contribution in [0.25, 0.3) is 5.69 Å². The number of hydrogen-bond donors (Lipinski definition) is 3. The lowest BCUT2D eigenvalue weighted by Crippen LogP contribution is -2.37. The van der Waals surface area contributed by atoms with Gasteiger partial charge in [0, 0.05) is 24.9 Å². The van der Waals surface area contributed by atoms with Crippen LogP contribution >= 0.6 is 0 Å². The van der Waals surface area contributed by atoms with Crippen LogP contribution in [0.2, 0.25) is 0 Å². The number of anilines is 2. The molecule has 206 valence electrons. The summed E-state index contributed by atoms with van der Waals surface area (Å²) in [5.41, 5.74) is 2.44. The third kappa shape index (κ3) is 7.40. The molecule has 1 fully saturated rings. The Kier molecular flexibility index (Phi) is 9.76. The third-order valence-corrected chi connectivity index (χ3v) is 6.07. The fourth-order valence-electron chi connectivity index (χ4n) is 4.19. The number of carbonyl (C=O) groups is 2. The summed E-state index contributed by atoms with van der Waals surface area (Å²) in [6, 6.07) is 12.6. The second-order valence-corrected chi connectivity index (χ2v) is 9.44. The first-order chi connectivity index (χ1) is 18.5. The van der Waals surface area contributed by atoms with Crippen molar-refractivity contribution >= 4 is 23.3 Å². The summed E-state index contributed by atoms with van der Waals surface area (Å²) in [7, 11) is 0. The van der Waals surface area contributed by atoms with Crippen molar-refractivity contribution in [2.24, 2.45) is 0 Å². The van der Waals surface area contributed by atoms with Crippen LogP contribution in [0.1, 0.15) is 48.3 Å². The summed E-state index contributed by atoms with van der Waals surface area (Å²) in [6.45, 7) is 5.68. The summed E-state index contributed by atoms with van der Waals surface area (Å²) in [4.78, 5) is 28.2. The molecule has 4 rings (SSSR count). The molecule has 0 bridgehead atoms. The van der Waals surface area contributed by atoms with E-state index in [0.29, 0.717) is 48.6 Å². The Hall–Kier alpha value is -4.27. The molecule has 1 aliphatic heterocycles. The fraction of sp³-hybridized carbons (Fsp3) is 0.357. The van der Waals surface area contributed by atoms with Crippen LogP contribution in [0.3, 0.4) is 0 Å². The van der Waals surface area contributed by atoms with Gasteiger partial charge in [-0.15, -0.1) is 0 Å². The van der Waals surface area contributed by atoms with Crippen molar-refractivity contribution in [1.82, 2.24) is 9.78 Å². The number of aromatic nitrogens is 2. The monoisotopic (exact) mass is 537 g/mol. The molecule has 0 saturated carbocycles. The molecule has 39 heavy (non-hydrogen) atoms. The minimum Gasteiger partial charge on any atom is -0.480 e. The molecule has 1 aliphatic rings. The number of hydrogen-bond acceptors (Lipinski definition) is 7. The minimum absolute atomic E-state index is 0.167. The van der Waals surface area contributed by atoms with E-state index >= 15 is 0 Å². The molecule has 0 atom stereocenters. The number of carboxylic acid groups (broad SMARTS) is 1. The molecule has 0 radical (unpaired) electrons. The molecular formula is C28H32FN5O5. The Labute approximate surface area is 226 Å². The maximum absolute atomic E-state index is 13.5. The van der Waals surface area contributed by atoms with Gasteiger partial charge in [-0.2, -0.15) is 10.4 Å². The molecule has 2 aromatic carbocycles. The molecule has 3 aromatic rings. The number of carboxylic acids is 1. The summed E-state index contributed by atoms with van der Waals surface area (Å²) in [5.74, 6) is -2.20. The molecule has 1 amide bonds. The van der Waals surface area contributed by atoms with Crippen molar-refractivity contribution in [3.8, 4) is 11.8 Å². The SMILES string of the molecule is CC(C)O.Cc1c(C(=O)N(CC(=O)O)c2ccc(N3CCC(O)CC3)c(C#N)c2)cnn1-c1ccc(F)cc1. The van der Waals surface area contributed by atoms with E-state index in [1.165, 1.54) is 41.2 Å². The van der Waals surface area contributed by atoms with Crippen LogP contribution in [0.15, 0.2) is 48.7 Å². The Morgan fingerprint density at radius 3 is 2.36 bits per heavy atom. The first-order valence-corrected chi connectivity index (χ1v) is 12.5. The van der Waals surface area contributed by atoms with E-state index in [1.807, 2.05) is 4.90 Å². The van der Waals surface area contributed by atoms with Gasteiger partial charge in [0.1, 0.15) is 18.4 Å². The van der Waals surface area contributed by atoms with E-state index in [1.54, 1.807) is 32.9 Å². The van der Waals surface area contributed by atoms with E-state index in [9.17, 15) is 29.5 Å². The molecule has 1 saturated heterocycles. The van der Waals surface area contributed by atoms with Crippen LogP contribution in [-0.2, 0) is 4.79 Å². The van der Waals surface area contributed by atoms with Gasteiger partial charge < -0.3 is 20.2 Å². The van der Waals surface area contributed by atoms with Crippen molar-refractivity contribution in [3.05, 3.63) is 71.3 Å². The summed E-state index contributed by atoms with van der Waals surface area (Å²) >= 11 is 0. The van der Waals surface area contributed by atoms with Gasteiger partial charge in [0.2, 0.25) is 0 Å². The molecule has 0 unspecified atom stereocenters. The van der Waals surface area contributed by atoms with Gasteiger partial charge in [0.05, 0.1) is 40.5 Å². The quantitative estimate of drug-likeness (QED) is 0.435. The highest BCUT2D eigenvalue weighted by Gasteiger charge is 2.26. The normalized spacial score (nSPS) is 13.4. The number of piperidine rings is 1. The van der Waals surface area contributed by atoms with Crippen LogP contribution in [0, 0.1) is 24.1 Å². The van der Waals surface area contributed by atoms with Gasteiger partial charge in [-0.1, -0.05) is 0 Å². The summed E-state index contributed by atoms with van der Waals surface area (Å²) in [6.07, 6.45) is 1.99. The summed E-state index contributed by atoms with van der Waals surface area (Å²) < 4.78 is 14.8. The molecule has 2 heterocycles. The number of halogens is 1. The number of nitrogens with zero attached hydrogens (tertiary/aromatic N) is 5. The Morgan fingerprint density at radius 1 is 1.18 bits per heavy atom. The molecule has 11 heteroatoms. The van der Waals surface area contributed by atoms with Gasteiger partial charge in [-0.25, -0.2) is 9.07 Å². The molecule has 0 spiro atoms. The molecule has 1 aromatic heterocycles. The third-order valence-electron chi connectivity index (χ3n) is 6.07. The van der Waals surface area contributed by atoms with Gasteiger partial charge >= 0.3 is 5.97 Å². The smallest absolute Gasteiger partial charge is 0.323 e. The lowest BCUT2D eigenvalue weighted by atomic mass is 10.0. The lowest BCUT2D eigenvalue weighted by Gasteiger charge is -2.32. The van der Waals surface area contributed by atoms with Crippen molar-refractivity contribution < 1.29 is 29.3 Å². The highest BCUT2D eigenvalue weighted by Crippen LogP contribution is 2.29. The number of amides is 1. The van der Waals surface area contributed by atoms with Crippen LogP contribution in [0.5, 0.6) is 0 Å². The van der Waals surface area contributed by atoms with Crippen LogP contribution in [0.4, 0.5) is 15.8 Å². The van der Waals surface area contributed by atoms with E-state index in [-0.39, 0.29) is 23.5 Å². The van der Waals surface area contributed by atoms with Gasteiger partial charge in [-0.3, -0.25) is 14.5 Å². The Balaban J connectivity index is 0.000000983. The number of aliphatic hydroxyl groups is 2. The van der Waals surface area contributed by atoms with Crippen molar-refractivity contribution in [2.75, 3.05) is 29.4 Å². The predicted octanol–water partition coefficient (Wildman–Crippen LogP) is 3.27. The summed E-state index contributed by atoms with van der Waals surface area (Å²) in [5, 5.41) is 41.3. The second kappa shape index (κ2) is 13.0. The largest absolute Gasteiger partial charge is 0.480 e. The zero-order chi connectivity index (χ0) is 28.7. The standard InChI is InChI=1S/C25H24FN5O4.C3H8O/c1-16-22(14-28-31(16)19-4-2-18(26)3-5-19)25(35)30(15-24(33)34)20-6-7-23(17(12-20)13-27)29-10-8-21(32)9-11-29;1-3(2)4/h2-7,12,14,21,32H,8-11,15H2,1H3,(H,33,34);3-4H,1-2H3. The highest BCUT2D eigenvalue weighted by atomic mass is 19.1. The van der Waals surface area contributed by atoms with E-state index in [4.69, 9.17) is 5.11 Å². The maximum Gasteiger partial charge on any atom is 0.323 e. The lowest BCUT2D eigenvalue weighted by molar-refractivity contribution is -0.135. The fourth-order valence-corrected chi connectivity index (χ4v) is 4.19. The average Bonchev–Trinajstić information content (AvgIpc) is 3.28. The predicted molar refractivity (Wildman–Crippen MR) is 144 cm³/mol. The van der Waals surface area contributed by atoms with E-state index in [0.717, 1.165) is 4.90 Å². The van der Waals surface area contributed by atoms with Gasteiger partial charge in [0.25, 0.3) is 5.91 Å². The molecule has 10 nitrogen and oxygen atoms in total. The molecule has 0 aliphatic carbocycles. The molecule has 3 N–H and O–H groups in total. The van der Waals surface area contributed by atoms with E-state index < -0.39 is 24.2 Å². The number of aliphatic carboxylic acids is 1. The topological polar surface area (TPSA) is 143 Å². The first kappa shape index (κ1) is 29.3. The average molecular weight is 538 g/mol. The minimum atomic E-state index is -1.21. The number of benzene rings is 2. The molecular weight excluding hydrogens is 505 g/mol. The van der Waals surface area contributed by atoms with Crippen LogP contribution < -0.4 is 9.80 Å². The zero-order valence-electron chi connectivity index (χ0n) is 22.1.